The van der Waals surface area contributed by atoms with E-state index in [9.17, 15) is 9.18 Å². The minimum absolute atomic E-state index is 0.0548. The highest BCUT2D eigenvalue weighted by atomic mass is 35.5. The van der Waals surface area contributed by atoms with Crippen molar-refractivity contribution in [3.8, 4) is 0 Å². The number of hydrogen-bond acceptors (Lipinski definition) is 2. The molecule has 2 N–H and O–H groups in total. The first-order valence-corrected chi connectivity index (χ1v) is 5.93. The van der Waals surface area contributed by atoms with Gasteiger partial charge in [-0.05, 0) is 18.5 Å². The van der Waals surface area contributed by atoms with Crippen molar-refractivity contribution in [1.82, 2.24) is 0 Å². The van der Waals surface area contributed by atoms with Gasteiger partial charge in [0.05, 0.1) is 15.7 Å². The number of carbonyl (C=O) groups excluding carboxylic acids is 1. The molecule has 0 aromatic heterocycles. The summed E-state index contributed by atoms with van der Waals surface area (Å²) in [6.45, 7) is 0.895. The lowest BCUT2D eigenvalue weighted by Gasteiger charge is -2.18. The fraction of sp³-hybridized carbons (Fsp3) is 0.364. The molecule has 6 heteroatoms. The number of nitrogens with zero attached hydrogens (tertiary/aromatic N) is 1. The van der Waals surface area contributed by atoms with Gasteiger partial charge >= 0.3 is 0 Å². The lowest BCUT2D eigenvalue weighted by atomic mass is 10.1. The summed E-state index contributed by atoms with van der Waals surface area (Å²) in [6.07, 6.45) is 0.372. The molecule has 1 aliphatic rings. The zero-order valence-corrected chi connectivity index (χ0v) is 10.4. The first-order chi connectivity index (χ1) is 8.02. The molecule has 92 valence electrons. The van der Waals surface area contributed by atoms with Crippen molar-refractivity contribution in [2.24, 2.45) is 11.7 Å². The van der Waals surface area contributed by atoms with Gasteiger partial charge in [-0.2, -0.15) is 0 Å². The molecule has 0 saturated carbocycles. The van der Waals surface area contributed by atoms with Crippen molar-refractivity contribution in [1.29, 1.82) is 0 Å². The fourth-order valence-electron chi connectivity index (χ4n) is 1.89. The van der Waals surface area contributed by atoms with Crippen molar-refractivity contribution in [3.63, 3.8) is 0 Å². The third-order valence-corrected chi connectivity index (χ3v) is 3.41. The monoisotopic (exact) mass is 276 g/mol. The average Bonchev–Trinajstić information content (AvgIpc) is 2.65. The molecule has 1 aromatic carbocycles. The molecule has 1 atom stereocenters. The van der Waals surface area contributed by atoms with E-state index < -0.39 is 5.82 Å². The van der Waals surface area contributed by atoms with Crippen LogP contribution in [0.5, 0.6) is 0 Å². The molecule has 3 nitrogen and oxygen atoms in total. The first-order valence-electron chi connectivity index (χ1n) is 5.18. The maximum absolute atomic E-state index is 13.4. The topological polar surface area (TPSA) is 46.3 Å². The lowest BCUT2D eigenvalue weighted by Crippen LogP contribution is -2.26. The van der Waals surface area contributed by atoms with Gasteiger partial charge in [0, 0.05) is 19.0 Å². The standard InChI is InChI=1S/C11H11Cl2FN2O/c12-7-2-8(13)10(3-9(7)14)16-5-6(4-15)1-11(16)17/h2-3,6H,1,4-5,15H2. The van der Waals surface area contributed by atoms with Crippen LogP contribution in [0.2, 0.25) is 10.0 Å². The number of amides is 1. The number of halogens is 3. The molecule has 1 fully saturated rings. The molecule has 17 heavy (non-hydrogen) atoms. The maximum Gasteiger partial charge on any atom is 0.227 e. The van der Waals surface area contributed by atoms with E-state index in [0.29, 0.717) is 25.2 Å². The Balaban J connectivity index is 2.35. The molecule has 1 aliphatic heterocycles. The van der Waals surface area contributed by atoms with Crippen LogP contribution in [-0.4, -0.2) is 19.0 Å². The minimum Gasteiger partial charge on any atom is -0.330 e. The van der Waals surface area contributed by atoms with Crippen LogP contribution in [-0.2, 0) is 4.79 Å². The third kappa shape index (κ3) is 2.39. The molecular weight excluding hydrogens is 266 g/mol. The van der Waals surface area contributed by atoms with E-state index in [1.165, 1.54) is 17.0 Å². The largest absolute Gasteiger partial charge is 0.330 e. The van der Waals surface area contributed by atoms with Gasteiger partial charge in [-0.1, -0.05) is 23.2 Å². The maximum atomic E-state index is 13.4. The van der Waals surface area contributed by atoms with Crippen molar-refractivity contribution < 1.29 is 9.18 Å². The summed E-state index contributed by atoms with van der Waals surface area (Å²) in [5.41, 5.74) is 5.88. The number of nitrogens with two attached hydrogens (primary N) is 1. The summed E-state index contributed by atoms with van der Waals surface area (Å²) >= 11 is 11.6. The number of rotatable bonds is 2. The van der Waals surface area contributed by atoms with Crippen molar-refractivity contribution >= 4 is 34.8 Å². The van der Waals surface area contributed by atoms with Gasteiger partial charge in [-0.15, -0.1) is 0 Å². The van der Waals surface area contributed by atoms with Gasteiger partial charge in [0.15, 0.2) is 0 Å². The molecule has 1 amide bonds. The SMILES string of the molecule is NCC1CC(=O)N(c2cc(F)c(Cl)cc2Cl)C1. The van der Waals surface area contributed by atoms with E-state index >= 15 is 0 Å². The van der Waals surface area contributed by atoms with Crippen LogP contribution in [0.1, 0.15) is 6.42 Å². The van der Waals surface area contributed by atoms with E-state index in [4.69, 9.17) is 28.9 Å². The number of hydrogen-bond donors (Lipinski definition) is 1. The van der Waals surface area contributed by atoms with E-state index in [-0.39, 0.29) is 21.9 Å². The van der Waals surface area contributed by atoms with Gasteiger partial charge in [-0.3, -0.25) is 4.79 Å². The van der Waals surface area contributed by atoms with Gasteiger partial charge < -0.3 is 10.6 Å². The van der Waals surface area contributed by atoms with E-state index in [1.807, 2.05) is 0 Å². The third-order valence-electron chi connectivity index (χ3n) is 2.82. The second-order valence-electron chi connectivity index (χ2n) is 4.03. The molecule has 0 bridgehead atoms. The molecule has 0 spiro atoms. The number of carbonyl (C=O) groups is 1. The Kier molecular flexibility index (Phi) is 3.56. The zero-order chi connectivity index (χ0) is 12.6. The van der Waals surface area contributed by atoms with Crippen molar-refractivity contribution in [2.45, 2.75) is 6.42 Å². The summed E-state index contributed by atoms with van der Waals surface area (Å²) in [7, 11) is 0. The Bertz CT molecular complexity index is 467. The summed E-state index contributed by atoms with van der Waals surface area (Å²) in [5.74, 6) is -0.587. The second kappa shape index (κ2) is 4.80. The van der Waals surface area contributed by atoms with Crippen molar-refractivity contribution in [2.75, 3.05) is 18.0 Å². The first kappa shape index (κ1) is 12.6. The Morgan fingerprint density at radius 1 is 1.41 bits per heavy atom. The van der Waals surface area contributed by atoms with Crippen LogP contribution in [0, 0.1) is 11.7 Å². The molecule has 1 saturated heterocycles. The predicted molar refractivity (Wildman–Crippen MR) is 65.9 cm³/mol. The smallest absolute Gasteiger partial charge is 0.227 e. The molecule has 0 aliphatic carbocycles. The Morgan fingerprint density at radius 3 is 2.71 bits per heavy atom. The van der Waals surface area contributed by atoms with Crippen LogP contribution in [0.4, 0.5) is 10.1 Å². The Labute approximate surface area is 108 Å². The quantitative estimate of drug-likeness (QED) is 0.844. The fourth-order valence-corrected chi connectivity index (χ4v) is 2.38. The zero-order valence-electron chi connectivity index (χ0n) is 8.92. The van der Waals surface area contributed by atoms with Crippen LogP contribution in [0.3, 0.4) is 0 Å². The molecule has 1 unspecified atom stereocenters. The number of anilines is 1. The Hall–Kier alpha value is -0.840. The van der Waals surface area contributed by atoms with Gasteiger partial charge in [-0.25, -0.2) is 4.39 Å². The highest BCUT2D eigenvalue weighted by Crippen LogP contribution is 2.34. The van der Waals surface area contributed by atoms with Crippen LogP contribution >= 0.6 is 23.2 Å². The predicted octanol–water partition coefficient (Wildman–Crippen LogP) is 2.44. The van der Waals surface area contributed by atoms with E-state index in [2.05, 4.69) is 0 Å². The summed E-state index contributed by atoms with van der Waals surface area (Å²) < 4.78 is 13.4. The highest BCUT2D eigenvalue weighted by Gasteiger charge is 2.31. The normalized spacial score (nSPS) is 20.1. The van der Waals surface area contributed by atoms with Crippen LogP contribution < -0.4 is 10.6 Å². The second-order valence-corrected chi connectivity index (χ2v) is 4.84. The van der Waals surface area contributed by atoms with Crippen molar-refractivity contribution in [3.05, 3.63) is 28.0 Å². The molecule has 0 radical (unpaired) electrons. The lowest BCUT2D eigenvalue weighted by molar-refractivity contribution is -0.117. The molecule has 1 heterocycles. The van der Waals surface area contributed by atoms with Crippen LogP contribution in [0.25, 0.3) is 0 Å². The van der Waals surface area contributed by atoms with Gasteiger partial charge in [0.25, 0.3) is 0 Å². The average molecular weight is 277 g/mol. The Morgan fingerprint density at radius 2 is 2.12 bits per heavy atom. The summed E-state index contributed by atoms with van der Waals surface area (Å²) in [5, 5.41) is 0.211. The molecule has 2 rings (SSSR count). The van der Waals surface area contributed by atoms with E-state index in [0.717, 1.165) is 0 Å². The number of benzene rings is 1. The molecular formula is C11H11Cl2FN2O. The highest BCUT2D eigenvalue weighted by molar-refractivity contribution is 6.36. The van der Waals surface area contributed by atoms with E-state index in [1.54, 1.807) is 0 Å². The van der Waals surface area contributed by atoms with Gasteiger partial charge in [0.2, 0.25) is 5.91 Å². The van der Waals surface area contributed by atoms with Gasteiger partial charge in [0.1, 0.15) is 5.82 Å². The summed E-state index contributed by atoms with van der Waals surface area (Å²) in [6, 6.07) is 2.48. The minimum atomic E-state index is -0.588. The summed E-state index contributed by atoms with van der Waals surface area (Å²) in [4.78, 5) is 13.2. The van der Waals surface area contributed by atoms with Crippen LogP contribution in [0.15, 0.2) is 12.1 Å². The molecule has 1 aromatic rings.